The number of nitrogens with one attached hydrogen (secondary N) is 2. The lowest BCUT2D eigenvalue weighted by atomic mass is 9.84. The maximum absolute atomic E-state index is 11.7. The molecule has 2 unspecified atom stereocenters. The van der Waals surface area contributed by atoms with Crippen LogP contribution in [0.4, 0.5) is 0 Å². The molecule has 0 aromatic carbocycles. The van der Waals surface area contributed by atoms with E-state index in [-0.39, 0.29) is 35.0 Å². The number of carbonyl (C=O) groups is 2. The topological polar surface area (TPSA) is 76.7 Å². The zero-order valence-electron chi connectivity index (χ0n) is 19.7. The smallest absolute Gasteiger partial charge is 0.246 e. The Balaban J connectivity index is 4.27. The van der Waals surface area contributed by atoms with Gasteiger partial charge in [-0.25, -0.2) is 0 Å². The van der Waals surface area contributed by atoms with E-state index in [1.54, 1.807) is 6.92 Å². The minimum Gasteiger partial charge on any atom is -0.380 e. The Hall–Kier alpha value is -1.40. The van der Waals surface area contributed by atoms with E-state index in [4.69, 9.17) is 9.47 Å². The van der Waals surface area contributed by atoms with Crippen molar-refractivity contribution in [2.45, 2.75) is 61.3 Å². The molecule has 0 radical (unpaired) electrons. The zero-order chi connectivity index (χ0) is 22.4. The molecular weight excluding hydrogens is 368 g/mol. The quantitative estimate of drug-likeness (QED) is 0.380. The number of ether oxygens (including phenoxy) is 2. The van der Waals surface area contributed by atoms with E-state index in [2.05, 4.69) is 44.9 Å². The van der Waals surface area contributed by atoms with E-state index in [0.29, 0.717) is 45.1 Å². The Morgan fingerprint density at radius 1 is 0.897 bits per heavy atom. The molecule has 0 bridgehead atoms. The fraction of sp³-hybridized carbons (Fsp3) is 0.826. The average molecular weight is 413 g/mol. The number of amides is 2. The van der Waals surface area contributed by atoms with E-state index in [1.165, 1.54) is 0 Å². The van der Waals surface area contributed by atoms with Crippen LogP contribution in [0.1, 0.15) is 61.3 Å². The lowest BCUT2D eigenvalue weighted by Gasteiger charge is -2.32. The first kappa shape index (κ1) is 27.6. The molecule has 0 saturated carbocycles. The molecule has 0 aromatic heterocycles. The molecule has 0 aliphatic rings. The first-order valence-electron chi connectivity index (χ1n) is 10.9. The summed E-state index contributed by atoms with van der Waals surface area (Å²) >= 11 is 0. The molecule has 170 valence electrons. The van der Waals surface area contributed by atoms with Crippen molar-refractivity contribution >= 4 is 11.8 Å². The van der Waals surface area contributed by atoms with Gasteiger partial charge in [-0.3, -0.25) is 9.59 Å². The molecule has 0 spiro atoms. The first-order valence-corrected chi connectivity index (χ1v) is 10.9. The Labute approximate surface area is 178 Å². The van der Waals surface area contributed by atoms with E-state index in [0.717, 1.165) is 12.8 Å². The van der Waals surface area contributed by atoms with Crippen molar-refractivity contribution in [2.75, 3.05) is 39.5 Å². The van der Waals surface area contributed by atoms with Crippen molar-refractivity contribution in [3.8, 4) is 0 Å². The van der Waals surface area contributed by atoms with Gasteiger partial charge in [0.25, 0.3) is 0 Å². The Morgan fingerprint density at radius 3 is 1.72 bits per heavy atom. The molecule has 2 N–H and O–H groups in total. The van der Waals surface area contributed by atoms with Crippen LogP contribution in [0.15, 0.2) is 12.2 Å². The van der Waals surface area contributed by atoms with Gasteiger partial charge in [-0.1, -0.05) is 48.1 Å². The molecule has 0 aromatic rings. The van der Waals surface area contributed by atoms with Crippen LogP contribution in [0.2, 0.25) is 0 Å². The molecule has 2 atom stereocenters. The van der Waals surface area contributed by atoms with Gasteiger partial charge in [-0.05, 0) is 31.6 Å². The third kappa shape index (κ3) is 12.0. The van der Waals surface area contributed by atoms with Crippen molar-refractivity contribution < 1.29 is 19.1 Å². The minimum atomic E-state index is -0.111. The second-order valence-corrected chi connectivity index (χ2v) is 8.84. The third-order valence-electron chi connectivity index (χ3n) is 5.27. The molecule has 0 fully saturated rings. The third-order valence-corrected chi connectivity index (χ3v) is 5.27. The highest BCUT2D eigenvalue weighted by atomic mass is 16.5. The van der Waals surface area contributed by atoms with Gasteiger partial charge in [0.2, 0.25) is 11.8 Å². The number of carbonyl (C=O) groups excluding carboxylic acids is 2. The highest BCUT2D eigenvalue weighted by molar-refractivity contribution is 5.92. The monoisotopic (exact) mass is 412 g/mol. The fourth-order valence-corrected chi connectivity index (χ4v) is 2.67. The summed E-state index contributed by atoms with van der Waals surface area (Å²) in [7, 11) is 0. The van der Waals surface area contributed by atoms with Crippen LogP contribution >= 0.6 is 0 Å². The van der Waals surface area contributed by atoms with Crippen molar-refractivity contribution in [1.29, 1.82) is 0 Å². The normalized spacial score (nSPS) is 13.8. The van der Waals surface area contributed by atoms with E-state index in [9.17, 15) is 9.59 Å². The summed E-state index contributed by atoms with van der Waals surface area (Å²) in [5, 5.41) is 5.81. The summed E-state index contributed by atoms with van der Waals surface area (Å²) in [5.41, 5.74) is 0.505. The van der Waals surface area contributed by atoms with Gasteiger partial charge in [0.05, 0.1) is 26.4 Å². The molecule has 6 nitrogen and oxygen atoms in total. The van der Waals surface area contributed by atoms with Crippen LogP contribution in [-0.4, -0.2) is 51.3 Å². The van der Waals surface area contributed by atoms with Crippen LogP contribution in [0.25, 0.3) is 0 Å². The van der Waals surface area contributed by atoms with Gasteiger partial charge >= 0.3 is 0 Å². The summed E-state index contributed by atoms with van der Waals surface area (Å²) in [6.07, 6.45) is 1.95. The van der Waals surface area contributed by atoms with E-state index in [1.807, 2.05) is 13.8 Å². The highest BCUT2D eigenvalue weighted by Gasteiger charge is 2.27. The Bertz CT molecular complexity index is 501. The SMILES string of the molecule is C=C(C)C(=O)NCC(C)COCC(CC)(CC)COCC(C)CNC(=O)C(C)C. The predicted molar refractivity (Wildman–Crippen MR) is 119 cm³/mol. The van der Waals surface area contributed by atoms with E-state index >= 15 is 0 Å². The maximum Gasteiger partial charge on any atom is 0.246 e. The van der Waals surface area contributed by atoms with Crippen LogP contribution in [-0.2, 0) is 19.1 Å². The molecule has 0 heterocycles. The molecule has 6 heteroatoms. The maximum atomic E-state index is 11.7. The molecule has 0 aliphatic heterocycles. The molecular formula is C23H44N2O4. The zero-order valence-corrected chi connectivity index (χ0v) is 19.7. The second-order valence-electron chi connectivity index (χ2n) is 8.84. The molecule has 29 heavy (non-hydrogen) atoms. The number of hydrogen-bond donors (Lipinski definition) is 2. The second kappa shape index (κ2) is 14.6. The van der Waals surface area contributed by atoms with Crippen LogP contribution in [0.5, 0.6) is 0 Å². The highest BCUT2D eigenvalue weighted by Crippen LogP contribution is 2.27. The molecule has 2 amide bonds. The standard InChI is InChI=1S/C23H44N2O4/c1-9-23(10-2,15-28-13-19(7)11-24-21(26)17(3)4)16-29-14-20(8)12-25-22(27)18(5)6/h18-20H,3,9-16H2,1-2,4-8H3,(H,24,26)(H,25,27). The first-order chi connectivity index (χ1) is 13.6. The Kier molecular flexibility index (Phi) is 13.9. The molecule has 0 saturated heterocycles. The van der Waals surface area contributed by atoms with Crippen molar-refractivity contribution in [1.82, 2.24) is 10.6 Å². The van der Waals surface area contributed by atoms with Gasteiger partial charge in [-0.15, -0.1) is 0 Å². The number of hydrogen-bond acceptors (Lipinski definition) is 4. The van der Waals surface area contributed by atoms with Crippen LogP contribution < -0.4 is 10.6 Å². The number of rotatable bonds is 16. The minimum absolute atomic E-state index is 0.00426. The van der Waals surface area contributed by atoms with Crippen molar-refractivity contribution in [3.05, 3.63) is 12.2 Å². The lowest BCUT2D eigenvalue weighted by molar-refractivity contribution is -0.124. The van der Waals surface area contributed by atoms with Crippen molar-refractivity contribution in [2.24, 2.45) is 23.2 Å². The molecule has 0 aliphatic carbocycles. The lowest BCUT2D eigenvalue weighted by Crippen LogP contribution is -2.36. The summed E-state index contributed by atoms with van der Waals surface area (Å²) in [5.74, 6) is 0.470. The van der Waals surface area contributed by atoms with Gasteiger partial charge in [0, 0.05) is 30.0 Å². The summed E-state index contributed by atoms with van der Waals surface area (Å²) in [6.45, 7) is 21.3. The summed E-state index contributed by atoms with van der Waals surface area (Å²) in [4.78, 5) is 23.2. The average Bonchev–Trinajstić information content (AvgIpc) is 2.68. The van der Waals surface area contributed by atoms with Gasteiger partial charge in [0.15, 0.2) is 0 Å². The van der Waals surface area contributed by atoms with Gasteiger partial charge < -0.3 is 20.1 Å². The fourth-order valence-electron chi connectivity index (χ4n) is 2.67. The van der Waals surface area contributed by atoms with Gasteiger partial charge in [0.1, 0.15) is 0 Å². The largest absolute Gasteiger partial charge is 0.380 e. The van der Waals surface area contributed by atoms with Crippen LogP contribution in [0.3, 0.4) is 0 Å². The predicted octanol–water partition coefficient (Wildman–Crippen LogP) is 3.56. The van der Waals surface area contributed by atoms with Crippen LogP contribution in [0, 0.1) is 23.2 Å². The Morgan fingerprint density at radius 2 is 1.34 bits per heavy atom. The summed E-state index contributed by atoms with van der Waals surface area (Å²) in [6, 6.07) is 0. The van der Waals surface area contributed by atoms with E-state index < -0.39 is 0 Å². The van der Waals surface area contributed by atoms with Crippen molar-refractivity contribution in [3.63, 3.8) is 0 Å². The summed E-state index contributed by atoms with van der Waals surface area (Å²) < 4.78 is 12.0. The molecule has 0 rings (SSSR count). The van der Waals surface area contributed by atoms with Gasteiger partial charge in [-0.2, -0.15) is 0 Å².